The van der Waals surface area contributed by atoms with Crippen molar-refractivity contribution in [1.29, 1.82) is 0 Å². The van der Waals surface area contributed by atoms with Gasteiger partial charge in [0, 0.05) is 10.6 Å². The van der Waals surface area contributed by atoms with Crippen molar-refractivity contribution in [2.24, 2.45) is 0 Å². The second-order valence-electron chi connectivity index (χ2n) is 4.95. The van der Waals surface area contributed by atoms with Crippen LogP contribution in [0.4, 0.5) is 0 Å². The molecule has 0 aliphatic rings. The zero-order valence-electron chi connectivity index (χ0n) is 11.7. The molecule has 1 atom stereocenters. The highest BCUT2D eigenvalue weighted by atomic mass is 32.2. The summed E-state index contributed by atoms with van der Waals surface area (Å²) in [6.07, 6.45) is -0.390. The first-order valence-corrected chi connectivity index (χ1v) is 7.52. The molecular formula is C17H20OS. The van der Waals surface area contributed by atoms with Crippen molar-refractivity contribution in [1.82, 2.24) is 0 Å². The second-order valence-corrected chi connectivity index (χ2v) is 6.00. The van der Waals surface area contributed by atoms with E-state index in [9.17, 15) is 5.11 Å². The molecule has 19 heavy (non-hydrogen) atoms. The van der Waals surface area contributed by atoms with Crippen LogP contribution in [-0.2, 0) is 5.75 Å². The Labute approximate surface area is 119 Å². The van der Waals surface area contributed by atoms with Crippen LogP contribution in [0.1, 0.15) is 35.3 Å². The summed E-state index contributed by atoms with van der Waals surface area (Å²) < 4.78 is 0. The molecule has 2 aromatic carbocycles. The van der Waals surface area contributed by atoms with Crippen molar-refractivity contribution in [2.75, 3.05) is 0 Å². The first kappa shape index (κ1) is 14.2. The molecule has 0 aliphatic carbocycles. The van der Waals surface area contributed by atoms with Crippen molar-refractivity contribution in [3.8, 4) is 0 Å². The summed E-state index contributed by atoms with van der Waals surface area (Å²) in [5, 5.41) is 9.47. The van der Waals surface area contributed by atoms with E-state index in [2.05, 4.69) is 44.2 Å². The van der Waals surface area contributed by atoms with Crippen molar-refractivity contribution in [3.63, 3.8) is 0 Å². The molecule has 0 bridgehead atoms. The minimum Gasteiger partial charge on any atom is -0.389 e. The van der Waals surface area contributed by atoms with Gasteiger partial charge in [-0.25, -0.2) is 0 Å². The third-order valence-corrected chi connectivity index (χ3v) is 4.42. The van der Waals surface area contributed by atoms with E-state index in [0.717, 1.165) is 11.3 Å². The van der Waals surface area contributed by atoms with E-state index in [1.807, 2.05) is 23.9 Å². The predicted molar refractivity (Wildman–Crippen MR) is 82.6 cm³/mol. The summed E-state index contributed by atoms with van der Waals surface area (Å²) in [5.74, 6) is 0.981. The summed E-state index contributed by atoms with van der Waals surface area (Å²) in [4.78, 5) is 1.24. The molecule has 1 unspecified atom stereocenters. The molecule has 0 heterocycles. The smallest absolute Gasteiger partial charge is 0.0761 e. The maximum Gasteiger partial charge on any atom is 0.0761 e. The quantitative estimate of drug-likeness (QED) is 0.818. The Morgan fingerprint density at radius 1 is 1.00 bits per heavy atom. The van der Waals surface area contributed by atoms with Gasteiger partial charge >= 0.3 is 0 Å². The minimum absolute atomic E-state index is 0.390. The molecule has 2 rings (SSSR count). The van der Waals surface area contributed by atoms with Crippen LogP contribution in [0, 0.1) is 13.8 Å². The average molecular weight is 272 g/mol. The normalized spacial score (nSPS) is 12.4. The lowest BCUT2D eigenvalue weighted by molar-refractivity contribution is 0.199. The SMILES string of the molecule is Cc1ccc(CSc2ccc(C(C)O)cc2)cc1C. The van der Waals surface area contributed by atoms with E-state index >= 15 is 0 Å². The van der Waals surface area contributed by atoms with Crippen molar-refractivity contribution in [2.45, 2.75) is 37.5 Å². The van der Waals surface area contributed by atoms with Crippen molar-refractivity contribution in [3.05, 3.63) is 64.7 Å². The summed E-state index contributed by atoms with van der Waals surface area (Å²) in [6, 6.07) is 14.8. The highest BCUT2D eigenvalue weighted by Gasteiger charge is 2.02. The van der Waals surface area contributed by atoms with Gasteiger partial charge in [0.2, 0.25) is 0 Å². The van der Waals surface area contributed by atoms with Gasteiger partial charge < -0.3 is 5.11 Å². The third kappa shape index (κ3) is 3.85. The van der Waals surface area contributed by atoms with Gasteiger partial charge in [-0.1, -0.05) is 30.3 Å². The Morgan fingerprint density at radius 3 is 2.26 bits per heavy atom. The second kappa shape index (κ2) is 6.27. The maximum atomic E-state index is 9.47. The van der Waals surface area contributed by atoms with Gasteiger partial charge in [0.1, 0.15) is 0 Å². The van der Waals surface area contributed by atoms with Gasteiger partial charge in [-0.05, 0) is 55.2 Å². The van der Waals surface area contributed by atoms with Crippen LogP contribution in [0.3, 0.4) is 0 Å². The maximum absolute atomic E-state index is 9.47. The molecule has 0 radical (unpaired) electrons. The Kier molecular flexibility index (Phi) is 4.67. The first-order valence-electron chi connectivity index (χ1n) is 6.53. The van der Waals surface area contributed by atoms with Crippen LogP contribution in [-0.4, -0.2) is 5.11 Å². The number of benzene rings is 2. The fourth-order valence-corrected chi connectivity index (χ4v) is 2.74. The molecule has 0 saturated heterocycles. The van der Waals surface area contributed by atoms with Gasteiger partial charge in [-0.2, -0.15) is 0 Å². The van der Waals surface area contributed by atoms with Crippen LogP contribution < -0.4 is 0 Å². The van der Waals surface area contributed by atoms with E-state index in [4.69, 9.17) is 0 Å². The lowest BCUT2D eigenvalue weighted by Gasteiger charge is -2.07. The highest BCUT2D eigenvalue weighted by Crippen LogP contribution is 2.25. The van der Waals surface area contributed by atoms with Gasteiger partial charge in [-0.3, -0.25) is 0 Å². The highest BCUT2D eigenvalue weighted by molar-refractivity contribution is 7.98. The Balaban J connectivity index is 2.00. The Morgan fingerprint density at radius 2 is 1.68 bits per heavy atom. The van der Waals surface area contributed by atoms with Crippen LogP contribution in [0.5, 0.6) is 0 Å². The number of rotatable bonds is 4. The number of thioether (sulfide) groups is 1. The van der Waals surface area contributed by atoms with Crippen LogP contribution in [0.15, 0.2) is 47.4 Å². The molecule has 0 amide bonds. The van der Waals surface area contributed by atoms with Crippen molar-refractivity contribution < 1.29 is 5.11 Å². The molecular weight excluding hydrogens is 252 g/mol. The number of hydrogen-bond acceptors (Lipinski definition) is 2. The number of aliphatic hydroxyl groups is 1. The molecule has 0 fully saturated rings. The first-order chi connectivity index (χ1) is 9.06. The van der Waals surface area contributed by atoms with E-state index in [1.54, 1.807) is 6.92 Å². The van der Waals surface area contributed by atoms with Crippen LogP contribution in [0.2, 0.25) is 0 Å². The molecule has 1 nitrogen and oxygen atoms in total. The monoisotopic (exact) mass is 272 g/mol. The summed E-state index contributed by atoms with van der Waals surface area (Å²) in [6.45, 7) is 6.08. The Bertz CT molecular complexity index is 544. The zero-order chi connectivity index (χ0) is 13.8. The summed E-state index contributed by atoms with van der Waals surface area (Å²) in [5.41, 5.74) is 5.01. The van der Waals surface area contributed by atoms with E-state index in [-0.39, 0.29) is 0 Å². The largest absolute Gasteiger partial charge is 0.389 e. The predicted octanol–water partition coefficient (Wildman–Crippen LogP) is 4.65. The van der Waals surface area contributed by atoms with Gasteiger partial charge in [-0.15, -0.1) is 11.8 Å². The Hall–Kier alpha value is -1.25. The van der Waals surface area contributed by atoms with Gasteiger partial charge in [0.05, 0.1) is 6.10 Å². The molecule has 0 aromatic heterocycles. The number of hydrogen-bond donors (Lipinski definition) is 1. The molecule has 0 saturated carbocycles. The van der Waals surface area contributed by atoms with Gasteiger partial charge in [0.25, 0.3) is 0 Å². The molecule has 0 aliphatic heterocycles. The average Bonchev–Trinajstić information content (AvgIpc) is 2.40. The number of aryl methyl sites for hydroxylation is 2. The van der Waals surface area contributed by atoms with E-state index < -0.39 is 6.10 Å². The lowest BCUT2D eigenvalue weighted by atomic mass is 10.1. The van der Waals surface area contributed by atoms with Crippen LogP contribution >= 0.6 is 11.8 Å². The number of aliphatic hydroxyl groups excluding tert-OH is 1. The standard InChI is InChI=1S/C17H20OS/c1-12-4-5-15(10-13(12)2)11-19-17-8-6-16(7-9-17)14(3)18/h4-10,14,18H,11H2,1-3H3. The summed E-state index contributed by atoms with van der Waals surface area (Å²) >= 11 is 1.83. The molecule has 100 valence electrons. The molecule has 2 heteroatoms. The van der Waals surface area contributed by atoms with E-state index in [1.165, 1.54) is 21.6 Å². The van der Waals surface area contributed by atoms with Gasteiger partial charge in [0.15, 0.2) is 0 Å². The molecule has 1 N–H and O–H groups in total. The third-order valence-electron chi connectivity index (χ3n) is 3.34. The fourth-order valence-electron chi connectivity index (χ4n) is 1.90. The minimum atomic E-state index is -0.390. The summed E-state index contributed by atoms with van der Waals surface area (Å²) in [7, 11) is 0. The topological polar surface area (TPSA) is 20.2 Å². The van der Waals surface area contributed by atoms with E-state index in [0.29, 0.717) is 0 Å². The van der Waals surface area contributed by atoms with Crippen LogP contribution in [0.25, 0.3) is 0 Å². The lowest BCUT2D eigenvalue weighted by Crippen LogP contribution is -1.90. The van der Waals surface area contributed by atoms with Crippen molar-refractivity contribution >= 4 is 11.8 Å². The fraction of sp³-hybridized carbons (Fsp3) is 0.294. The zero-order valence-corrected chi connectivity index (χ0v) is 12.5. The molecule has 0 spiro atoms. The molecule has 2 aromatic rings.